The first-order valence-corrected chi connectivity index (χ1v) is 6.43. The summed E-state index contributed by atoms with van der Waals surface area (Å²) in [5.41, 5.74) is -0.222. The second-order valence-electron chi connectivity index (χ2n) is 4.36. The number of nitrogens with zero attached hydrogens (tertiary/aromatic N) is 2. The van der Waals surface area contributed by atoms with E-state index in [2.05, 4.69) is 0 Å². The molecule has 1 aromatic carbocycles. The Morgan fingerprint density at radius 1 is 1.25 bits per heavy atom. The monoisotopic (exact) mass is 282 g/mol. The van der Waals surface area contributed by atoms with Gasteiger partial charge in [0.2, 0.25) is 5.91 Å². The second-order valence-corrected chi connectivity index (χ2v) is 4.36. The van der Waals surface area contributed by atoms with Gasteiger partial charge in [0.25, 0.3) is 0 Å². The maximum absolute atomic E-state index is 13.6. The minimum atomic E-state index is -1.35. The van der Waals surface area contributed by atoms with Crippen LogP contribution in [0, 0.1) is 5.82 Å². The van der Waals surface area contributed by atoms with E-state index in [1.165, 1.54) is 17.0 Å². The first-order chi connectivity index (χ1) is 9.42. The standard InChI is InChI=1S/C14H19FN2O3/c1-4-17(5-2)12(18)9-16(3)11-8-6-7-10(15)13(11)14(19)20/h6-8H,4-5,9H2,1-3H3,(H,19,20). The summed E-state index contributed by atoms with van der Waals surface area (Å²) in [6.07, 6.45) is 0. The summed E-state index contributed by atoms with van der Waals surface area (Å²) in [6, 6.07) is 4.00. The van der Waals surface area contributed by atoms with Crippen molar-refractivity contribution in [3.8, 4) is 0 Å². The summed E-state index contributed by atoms with van der Waals surface area (Å²) in [5, 5.41) is 9.07. The van der Waals surface area contributed by atoms with Crippen molar-refractivity contribution in [1.29, 1.82) is 0 Å². The molecule has 0 bridgehead atoms. The topological polar surface area (TPSA) is 60.9 Å². The van der Waals surface area contributed by atoms with Crippen molar-refractivity contribution in [2.75, 3.05) is 31.6 Å². The van der Waals surface area contributed by atoms with Gasteiger partial charge in [0.05, 0.1) is 12.2 Å². The smallest absolute Gasteiger partial charge is 0.340 e. The van der Waals surface area contributed by atoms with Gasteiger partial charge in [-0.15, -0.1) is 0 Å². The van der Waals surface area contributed by atoms with Crippen molar-refractivity contribution in [3.05, 3.63) is 29.6 Å². The molecule has 0 spiro atoms. The van der Waals surface area contributed by atoms with E-state index in [4.69, 9.17) is 5.11 Å². The maximum Gasteiger partial charge on any atom is 0.340 e. The van der Waals surface area contributed by atoms with Crippen molar-refractivity contribution in [2.45, 2.75) is 13.8 Å². The first kappa shape index (κ1) is 15.9. The number of carboxylic acids is 1. The molecule has 0 aromatic heterocycles. The average Bonchev–Trinajstić information content (AvgIpc) is 2.39. The normalized spacial score (nSPS) is 10.2. The van der Waals surface area contributed by atoms with Gasteiger partial charge >= 0.3 is 5.97 Å². The number of amides is 1. The van der Waals surface area contributed by atoms with Crippen LogP contribution >= 0.6 is 0 Å². The van der Waals surface area contributed by atoms with E-state index >= 15 is 0 Å². The average molecular weight is 282 g/mol. The van der Waals surface area contributed by atoms with Gasteiger partial charge in [0.1, 0.15) is 11.4 Å². The molecule has 20 heavy (non-hydrogen) atoms. The van der Waals surface area contributed by atoms with Gasteiger partial charge in [0.15, 0.2) is 0 Å². The van der Waals surface area contributed by atoms with Crippen LogP contribution in [-0.2, 0) is 4.79 Å². The van der Waals surface area contributed by atoms with Gasteiger partial charge in [-0.1, -0.05) is 6.07 Å². The van der Waals surface area contributed by atoms with Gasteiger partial charge in [-0.25, -0.2) is 9.18 Å². The lowest BCUT2D eigenvalue weighted by Crippen LogP contribution is -2.39. The summed E-state index contributed by atoms with van der Waals surface area (Å²) in [6.45, 7) is 4.90. The van der Waals surface area contributed by atoms with E-state index in [0.29, 0.717) is 13.1 Å². The number of hydrogen-bond acceptors (Lipinski definition) is 3. The maximum atomic E-state index is 13.6. The summed E-state index contributed by atoms with van der Waals surface area (Å²) < 4.78 is 13.6. The van der Waals surface area contributed by atoms with E-state index in [9.17, 15) is 14.0 Å². The Kier molecular flexibility index (Phi) is 5.49. The molecule has 0 unspecified atom stereocenters. The molecular weight excluding hydrogens is 263 g/mol. The van der Waals surface area contributed by atoms with Crippen LogP contribution in [0.3, 0.4) is 0 Å². The molecule has 0 atom stereocenters. The summed E-state index contributed by atoms with van der Waals surface area (Å²) in [5.74, 6) is -2.28. The first-order valence-electron chi connectivity index (χ1n) is 6.43. The molecule has 0 aliphatic carbocycles. The van der Waals surface area contributed by atoms with Crippen LogP contribution in [0.25, 0.3) is 0 Å². The van der Waals surface area contributed by atoms with Crippen molar-refractivity contribution in [2.24, 2.45) is 0 Å². The molecule has 5 nitrogen and oxygen atoms in total. The fraction of sp³-hybridized carbons (Fsp3) is 0.429. The number of likely N-dealkylation sites (N-methyl/N-ethyl adjacent to an activating group) is 2. The lowest BCUT2D eigenvalue weighted by atomic mass is 10.1. The Labute approximate surface area is 117 Å². The molecule has 6 heteroatoms. The fourth-order valence-corrected chi connectivity index (χ4v) is 2.01. The molecule has 0 saturated heterocycles. The Bertz CT molecular complexity index is 501. The number of aromatic carboxylic acids is 1. The second kappa shape index (κ2) is 6.88. The largest absolute Gasteiger partial charge is 0.478 e. The zero-order valence-electron chi connectivity index (χ0n) is 11.9. The minimum absolute atomic E-state index is 0.00537. The van der Waals surface area contributed by atoms with Gasteiger partial charge in [-0.05, 0) is 26.0 Å². The number of carboxylic acid groups (broad SMARTS) is 1. The Balaban J connectivity index is 2.99. The number of anilines is 1. The number of hydrogen-bond donors (Lipinski definition) is 1. The third-order valence-electron chi connectivity index (χ3n) is 3.11. The molecule has 1 amide bonds. The SMILES string of the molecule is CCN(CC)C(=O)CN(C)c1cccc(F)c1C(=O)O. The van der Waals surface area contributed by atoms with Crippen molar-refractivity contribution in [1.82, 2.24) is 4.90 Å². The molecule has 0 aliphatic rings. The van der Waals surface area contributed by atoms with Gasteiger partial charge in [-0.3, -0.25) is 4.79 Å². The molecule has 0 fully saturated rings. The predicted molar refractivity (Wildman–Crippen MR) is 74.6 cm³/mol. The molecule has 110 valence electrons. The van der Waals surface area contributed by atoms with Crippen molar-refractivity contribution in [3.63, 3.8) is 0 Å². The van der Waals surface area contributed by atoms with Gasteiger partial charge in [-0.2, -0.15) is 0 Å². The van der Waals surface area contributed by atoms with E-state index in [0.717, 1.165) is 6.07 Å². The number of carbonyl (C=O) groups is 2. The van der Waals surface area contributed by atoms with Crippen LogP contribution in [0.2, 0.25) is 0 Å². The van der Waals surface area contributed by atoms with E-state index in [1.54, 1.807) is 11.9 Å². The van der Waals surface area contributed by atoms with Crippen LogP contribution in [0.5, 0.6) is 0 Å². The lowest BCUT2D eigenvalue weighted by Gasteiger charge is -2.25. The van der Waals surface area contributed by atoms with Crippen LogP contribution in [0.4, 0.5) is 10.1 Å². The lowest BCUT2D eigenvalue weighted by molar-refractivity contribution is -0.129. The highest BCUT2D eigenvalue weighted by Gasteiger charge is 2.20. The van der Waals surface area contributed by atoms with Crippen LogP contribution in [-0.4, -0.2) is 48.6 Å². The van der Waals surface area contributed by atoms with Crippen LogP contribution in [0.1, 0.15) is 24.2 Å². The van der Waals surface area contributed by atoms with E-state index < -0.39 is 17.3 Å². The predicted octanol–water partition coefficient (Wildman–Crippen LogP) is 1.83. The molecule has 1 rings (SSSR count). The molecule has 1 N–H and O–H groups in total. The fourth-order valence-electron chi connectivity index (χ4n) is 2.01. The summed E-state index contributed by atoms with van der Waals surface area (Å²) in [7, 11) is 1.57. The minimum Gasteiger partial charge on any atom is -0.478 e. The Morgan fingerprint density at radius 3 is 2.35 bits per heavy atom. The van der Waals surface area contributed by atoms with Gasteiger partial charge < -0.3 is 14.9 Å². The zero-order chi connectivity index (χ0) is 15.3. The zero-order valence-corrected chi connectivity index (χ0v) is 11.9. The third-order valence-corrected chi connectivity index (χ3v) is 3.11. The van der Waals surface area contributed by atoms with E-state index in [1.807, 2.05) is 13.8 Å². The van der Waals surface area contributed by atoms with Crippen molar-refractivity contribution < 1.29 is 19.1 Å². The quantitative estimate of drug-likeness (QED) is 0.864. The molecule has 0 radical (unpaired) electrons. The molecule has 1 aromatic rings. The third kappa shape index (κ3) is 3.46. The Morgan fingerprint density at radius 2 is 1.85 bits per heavy atom. The number of benzene rings is 1. The Hall–Kier alpha value is -2.11. The molecule has 0 saturated carbocycles. The van der Waals surface area contributed by atoms with Crippen LogP contribution < -0.4 is 4.90 Å². The van der Waals surface area contributed by atoms with Crippen LogP contribution in [0.15, 0.2) is 18.2 Å². The number of halogens is 1. The van der Waals surface area contributed by atoms with Crippen molar-refractivity contribution >= 4 is 17.6 Å². The highest BCUT2D eigenvalue weighted by Crippen LogP contribution is 2.22. The molecule has 0 heterocycles. The number of carbonyl (C=O) groups excluding carboxylic acids is 1. The summed E-state index contributed by atoms with van der Waals surface area (Å²) >= 11 is 0. The highest BCUT2D eigenvalue weighted by molar-refractivity contribution is 5.95. The number of rotatable bonds is 6. The van der Waals surface area contributed by atoms with E-state index in [-0.39, 0.29) is 18.1 Å². The molecular formula is C14H19FN2O3. The highest BCUT2D eigenvalue weighted by atomic mass is 19.1. The van der Waals surface area contributed by atoms with Gasteiger partial charge in [0, 0.05) is 20.1 Å². The molecule has 0 aliphatic heterocycles. The summed E-state index contributed by atoms with van der Waals surface area (Å²) in [4.78, 5) is 26.2.